The Balaban J connectivity index is 1.84. The van der Waals surface area contributed by atoms with Crippen molar-refractivity contribution in [3.8, 4) is 0 Å². The molecule has 0 amide bonds. The lowest BCUT2D eigenvalue weighted by molar-refractivity contribution is 0.0774. The Kier molecular flexibility index (Phi) is 4.94. The van der Waals surface area contributed by atoms with Gasteiger partial charge in [0.2, 0.25) is 0 Å². The van der Waals surface area contributed by atoms with Crippen LogP contribution in [0.4, 0.5) is 0 Å². The zero-order valence-corrected chi connectivity index (χ0v) is 13.2. The van der Waals surface area contributed by atoms with Gasteiger partial charge in [-0.15, -0.1) is 0 Å². The molecule has 2 heterocycles. The summed E-state index contributed by atoms with van der Waals surface area (Å²) in [7, 11) is 0. The third kappa shape index (κ3) is 3.15. The number of benzene rings is 1. The molecule has 0 aromatic heterocycles. The summed E-state index contributed by atoms with van der Waals surface area (Å²) in [5, 5.41) is 3.76. The molecule has 1 saturated heterocycles. The fourth-order valence-electron chi connectivity index (χ4n) is 3.67. The standard InChI is InChI=1S/C18H27NO2/c1-3-8-19-18(16-7-9-21-17(16)4-2)13-5-6-14-11-20-12-15(14)10-13/h5-6,10,16-19H,3-4,7-9,11-12H2,1-2H3. The molecule has 1 fully saturated rings. The Labute approximate surface area is 128 Å². The lowest BCUT2D eigenvalue weighted by Gasteiger charge is -2.29. The lowest BCUT2D eigenvalue weighted by Crippen LogP contribution is -2.33. The molecule has 1 aromatic carbocycles. The van der Waals surface area contributed by atoms with E-state index in [2.05, 4.69) is 37.4 Å². The molecule has 1 N–H and O–H groups in total. The molecule has 0 aliphatic carbocycles. The SMILES string of the molecule is CCCNC(c1ccc2c(c1)COC2)C1CCOC1CC. The Morgan fingerprint density at radius 2 is 2.10 bits per heavy atom. The van der Waals surface area contributed by atoms with E-state index in [1.807, 2.05) is 0 Å². The first-order valence-corrected chi connectivity index (χ1v) is 8.38. The summed E-state index contributed by atoms with van der Waals surface area (Å²) < 4.78 is 11.5. The van der Waals surface area contributed by atoms with Crippen molar-refractivity contribution in [2.24, 2.45) is 5.92 Å². The van der Waals surface area contributed by atoms with Crippen LogP contribution < -0.4 is 5.32 Å². The maximum atomic E-state index is 5.93. The first kappa shape index (κ1) is 15.0. The number of nitrogens with one attached hydrogen (secondary N) is 1. The quantitative estimate of drug-likeness (QED) is 0.868. The van der Waals surface area contributed by atoms with E-state index in [1.54, 1.807) is 0 Å². The predicted molar refractivity (Wildman–Crippen MR) is 84.1 cm³/mol. The van der Waals surface area contributed by atoms with Gasteiger partial charge in [0.05, 0.1) is 19.3 Å². The van der Waals surface area contributed by atoms with E-state index in [-0.39, 0.29) is 0 Å². The Morgan fingerprint density at radius 3 is 2.90 bits per heavy atom. The van der Waals surface area contributed by atoms with E-state index >= 15 is 0 Å². The third-order valence-corrected chi connectivity index (χ3v) is 4.81. The smallest absolute Gasteiger partial charge is 0.0725 e. The third-order valence-electron chi connectivity index (χ3n) is 4.81. The molecule has 3 atom stereocenters. The second kappa shape index (κ2) is 6.91. The van der Waals surface area contributed by atoms with Gasteiger partial charge in [0.1, 0.15) is 0 Å². The molecule has 2 aliphatic rings. The minimum absolute atomic E-state index is 0.392. The van der Waals surface area contributed by atoms with Crippen molar-refractivity contribution < 1.29 is 9.47 Å². The second-order valence-electron chi connectivity index (χ2n) is 6.22. The summed E-state index contributed by atoms with van der Waals surface area (Å²) in [5.74, 6) is 0.585. The molecule has 1 aromatic rings. The highest BCUT2D eigenvalue weighted by atomic mass is 16.5. The highest BCUT2D eigenvalue weighted by Crippen LogP contribution is 2.36. The van der Waals surface area contributed by atoms with Crippen molar-refractivity contribution in [1.29, 1.82) is 0 Å². The number of fused-ring (bicyclic) bond motifs is 1. The predicted octanol–water partition coefficient (Wildman–Crippen LogP) is 3.57. The highest BCUT2D eigenvalue weighted by Gasteiger charge is 2.34. The maximum absolute atomic E-state index is 5.93. The van der Waals surface area contributed by atoms with Crippen molar-refractivity contribution in [3.05, 3.63) is 34.9 Å². The number of hydrogen-bond acceptors (Lipinski definition) is 3. The van der Waals surface area contributed by atoms with Crippen LogP contribution in [0.25, 0.3) is 0 Å². The number of rotatable bonds is 6. The van der Waals surface area contributed by atoms with Gasteiger partial charge in [-0.2, -0.15) is 0 Å². The molecule has 0 radical (unpaired) electrons. The molecule has 3 unspecified atom stereocenters. The molecule has 21 heavy (non-hydrogen) atoms. The van der Waals surface area contributed by atoms with Gasteiger partial charge < -0.3 is 14.8 Å². The summed E-state index contributed by atoms with van der Waals surface area (Å²) in [6.07, 6.45) is 3.81. The van der Waals surface area contributed by atoms with Gasteiger partial charge in [-0.1, -0.05) is 32.0 Å². The van der Waals surface area contributed by atoms with Crippen molar-refractivity contribution in [3.63, 3.8) is 0 Å². The van der Waals surface area contributed by atoms with Crippen molar-refractivity contribution in [1.82, 2.24) is 5.32 Å². The Hall–Kier alpha value is -0.900. The second-order valence-corrected chi connectivity index (χ2v) is 6.22. The van der Waals surface area contributed by atoms with Crippen LogP contribution >= 0.6 is 0 Å². The van der Waals surface area contributed by atoms with Crippen LogP contribution in [0.3, 0.4) is 0 Å². The molecule has 3 heteroatoms. The van der Waals surface area contributed by atoms with E-state index in [0.29, 0.717) is 18.1 Å². The molecule has 0 bridgehead atoms. The van der Waals surface area contributed by atoms with Crippen LogP contribution in [-0.4, -0.2) is 19.3 Å². The molecular weight excluding hydrogens is 262 g/mol. The van der Waals surface area contributed by atoms with Crippen LogP contribution in [0.15, 0.2) is 18.2 Å². The zero-order chi connectivity index (χ0) is 14.7. The molecule has 0 spiro atoms. The van der Waals surface area contributed by atoms with Gasteiger partial charge in [-0.3, -0.25) is 0 Å². The van der Waals surface area contributed by atoms with Gasteiger partial charge in [0.15, 0.2) is 0 Å². The zero-order valence-electron chi connectivity index (χ0n) is 13.2. The van der Waals surface area contributed by atoms with Crippen LogP contribution in [0.5, 0.6) is 0 Å². The lowest BCUT2D eigenvalue weighted by atomic mass is 9.85. The average Bonchev–Trinajstić information content (AvgIpc) is 3.15. The van der Waals surface area contributed by atoms with Crippen molar-refractivity contribution >= 4 is 0 Å². The van der Waals surface area contributed by atoms with Crippen LogP contribution in [0.2, 0.25) is 0 Å². The van der Waals surface area contributed by atoms with Crippen molar-refractivity contribution in [2.75, 3.05) is 13.2 Å². The maximum Gasteiger partial charge on any atom is 0.0725 e. The minimum atomic E-state index is 0.392. The van der Waals surface area contributed by atoms with Gasteiger partial charge in [0.25, 0.3) is 0 Å². The van der Waals surface area contributed by atoms with E-state index in [1.165, 1.54) is 16.7 Å². The van der Waals surface area contributed by atoms with Crippen LogP contribution in [0, 0.1) is 5.92 Å². The highest BCUT2D eigenvalue weighted by molar-refractivity contribution is 5.35. The van der Waals surface area contributed by atoms with Gasteiger partial charge >= 0.3 is 0 Å². The molecule has 2 aliphatic heterocycles. The number of hydrogen-bond donors (Lipinski definition) is 1. The average molecular weight is 289 g/mol. The molecular formula is C18H27NO2. The van der Waals surface area contributed by atoms with E-state index in [0.717, 1.165) is 45.6 Å². The molecule has 0 saturated carbocycles. The largest absolute Gasteiger partial charge is 0.378 e. The van der Waals surface area contributed by atoms with Crippen molar-refractivity contribution in [2.45, 2.75) is 58.5 Å². The molecule has 3 nitrogen and oxygen atoms in total. The van der Waals surface area contributed by atoms with E-state index in [9.17, 15) is 0 Å². The topological polar surface area (TPSA) is 30.5 Å². The minimum Gasteiger partial charge on any atom is -0.378 e. The monoisotopic (exact) mass is 289 g/mol. The molecule has 3 rings (SSSR count). The van der Waals surface area contributed by atoms with Crippen LogP contribution in [0.1, 0.15) is 55.8 Å². The Bertz CT molecular complexity index is 474. The summed E-state index contributed by atoms with van der Waals surface area (Å²) >= 11 is 0. The summed E-state index contributed by atoms with van der Waals surface area (Å²) in [5.41, 5.74) is 4.12. The fraction of sp³-hybridized carbons (Fsp3) is 0.667. The molecule has 116 valence electrons. The first-order chi connectivity index (χ1) is 10.3. The van der Waals surface area contributed by atoms with E-state index < -0.39 is 0 Å². The Morgan fingerprint density at radius 1 is 1.24 bits per heavy atom. The summed E-state index contributed by atoms with van der Waals surface area (Å²) in [6, 6.07) is 7.28. The summed E-state index contributed by atoms with van der Waals surface area (Å²) in [6.45, 7) is 7.96. The van der Waals surface area contributed by atoms with Crippen LogP contribution in [-0.2, 0) is 22.7 Å². The first-order valence-electron chi connectivity index (χ1n) is 8.38. The fourth-order valence-corrected chi connectivity index (χ4v) is 3.67. The van der Waals surface area contributed by atoms with E-state index in [4.69, 9.17) is 9.47 Å². The van der Waals surface area contributed by atoms with Gasteiger partial charge in [-0.05, 0) is 42.5 Å². The van der Waals surface area contributed by atoms with Gasteiger partial charge in [-0.25, -0.2) is 0 Å². The number of ether oxygens (including phenoxy) is 2. The normalized spacial score (nSPS) is 26.0. The van der Waals surface area contributed by atoms with Gasteiger partial charge in [0, 0.05) is 18.6 Å². The summed E-state index contributed by atoms with van der Waals surface area (Å²) in [4.78, 5) is 0.